The summed E-state index contributed by atoms with van der Waals surface area (Å²) in [4.78, 5) is 0. The van der Waals surface area contributed by atoms with Crippen molar-refractivity contribution in [2.45, 2.75) is 32.6 Å². The van der Waals surface area contributed by atoms with Gasteiger partial charge in [-0.05, 0) is 47.4 Å². The quantitative estimate of drug-likeness (QED) is 0.549. The molecule has 0 aliphatic heterocycles. The smallest absolute Gasteiger partial charge is 1.00 e. The first-order valence-corrected chi connectivity index (χ1v) is 9.31. The first-order valence-electron chi connectivity index (χ1n) is 9.31. The average Bonchev–Trinajstić information content (AvgIpc) is 3.22. The van der Waals surface area contributed by atoms with Crippen LogP contribution in [-0.2, 0) is 26.2 Å². The Labute approximate surface area is 201 Å². The van der Waals surface area contributed by atoms with Crippen LogP contribution in [0.2, 0.25) is 0 Å². The molecule has 28 heavy (non-hydrogen) atoms. The van der Waals surface area contributed by atoms with E-state index in [1.54, 1.807) is 0 Å². The minimum Gasteiger partial charge on any atom is -1.00 e. The fourth-order valence-corrected chi connectivity index (χ4v) is 5.07. The van der Waals surface area contributed by atoms with E-state index in [2.05, 4.69) is 93.3 Å². The van der Waals surface area contributed by atoms with Crippen molar-refractivity contribution in [3.05, 3.63) is 96.1 Å². The third kappa shape index (κ3) is 4.04. The predicted molar refractivity (Wildman–Crippen MR) is 108 cm³/mol. The number of rotatable bonds is 5. The van der Waals surface area contributed by atoms with Crippen LogP contribution in [0.5, 0.6) is 0 Å². The number of hydrogen-bond donors (Lipinski definition) is 0. The van der Waals surface area contributed by atoms with E-state index in [1.165, 1.54) is 27.8 Å². The van der Waals surface area contributed by atoms with Gasteiger partial charge in [-0.1, -0.05) is 85.3 Å². The van der Waals surface area contributed by atoms with Crippen LogP contribution < -0.4 is 24.8 Å². The van der Waals surface area contributed by atoms with Crippen LogP contribution in [0.25, 0.3) is 11.1 Å². The third-order valence-electron chi connectivity index (χ3n) is 6.24. The molecular weight excluding hydrogens is 462 g/mol. The van der Waals surface area contributed by atoms with Crippen molar-refractivity contribution < 1.29 is 51.0 Å². The molecule has 0 saturated heterocycles. The first-order chi connectivity index (χ1) is 12.2. The van der Waals surface area contributed by atoms with Crippen molar-refractivity contribution in [2.75, 3.05) is 0 Å². The molecule has 2 aliphatic carbocycles. The molecule has 0 heterocycles. The Hall–Kier alpha value is -0.877. The molecule has 3 heteroatoms. The van der Waals surface area contributed by atoms with Crippen LogP contribution in [0.3, 0.4) is 0 Å². The van der Waals surface area contributed by atoms with E-state index in [4.69, 9.17) is 0 Å². The number of hydrogen-bond acceptors (Lipinski definition) is 0. The molecule has 0 spiro atoms. The van der Waals surface area contributed by atoms with E-state index in [9.17, 15) is 0 Å². The monoisotopic (exact) mass is 486 g/mol. The molecule has 144 valence electrons. The van der Waals surface area contributed by atoms with E-state index in [0.29, 0.717) is 11.8 Å². The van der Waals surface area contributed by atoms with Crippen molar-refractivity contribution in [3.63, 3.8) is 0 Å². The standard InChI is InChI=1S/C25H26.2ClH.Zr/c1-4-5-17-25(3,23-16-10-11-18(23)2)24-21-14-8-6-12-19(21)20-13-7-9-15-22(20)24;;;/h4,6-16,23-24H,1,5,17H2,2-3H3;2*1H;/q;;;+2/p-2. The van der Waals surface area contributed by atoms with Crippen molar-refractivity contribution in [1.82, 2.24) is 0 Å². The Morgan fingerprint density at radius 1 is 0.964 bits per heavy atom. The number of allylic oxidation sites excluding steroid dienone is 5. The van der Waals surface area contributed by atoms with Crippen LogP contribution in [0, 0.1) is 11.3 Å². The molecule has 2 atom stereocenters. The van der Waals surface area contributed by atoms with Crippen molar-refractivity contribution in [1.29, 1.82) is 0 Å². The van der Waals surface area contributed by atoms with E-state index >= 15 is 0 Å². The van der Waals surface area contributed by atoms with Gasteiger partial charge in [-0.2, -0.15) is 0 Å². The molecule has 2 aliphatic rings. The van der Waals surface area contributed by atoms with Crippen molar-refractivity contribution in [3.8, 4) is 11.1 Å². The van der Waals surface area contributed by atoms with E-state index in [1.807, 2.05) is 0 Å². The summed E-state index contributed by atoms with van der Waals surface area (Å²) in [5, 5.41) is 0. The molecule has 0 fully saturated rings. The molecule has 2 aromatic carbocycles. The summed E-state index contributed by atoms with van der Waals surface area (Å²) in [6, 6.07) is 18.0. The van der Waals surface area contributed by atoms with Crippen LogP contribution in [-0.4, -0.2) is 0 Å². The Morgan fingerprint density at radius 3 is 1.96 bits per heavy atom. The van der Waals surface area contributed by atoms with Gasteiger partial charge in [0.2, 0.25) is 0 Å². The first kappa shape index (κ1) is 25.2. The van der Waals surface area contributed by atoms with Gasteiger partial charge >= 0.3 is 26.2 Å². The van der Waals surface area contributed by atoms with Gasteiger partial charge in [0.25, 0.3) is 0 Å². The zero-order valence-electron chi connectivity index (χ0n) is 16.5. The van der Waals surface area contributed by atoms with Crippen LogP contribution in [0.1, 0.15) is 43.7 Å². The van der Waals surface area contributed by atoms with Gasteiger partial charge in [-0.25, -0.2) is 0 Å². The minimum atomic E-state index is 0. The predicted octanol–water partition coefficient (Wildman–Crippen LogP) is 0.909. The minimum absolute atomic E-state index is 0. The summed E-state index contributed by atoms with van der Waals surface area (Å²) >= 11 is 0. The molecule has 0 radical (unpaired) electrons. The van der Waals surface area contributed by atoms with Gasteiger partial charge in [0, 0.05) is 11.8 Å². The van der Waals surface area contributed by atoms with Gasteiger partial charge in [0.15, 0.2) is 0 Å². The fraction of sp³-hybridized carbons (Fsp3) is 0.280. The number of halogens is 2. The molecule has 0 bridgehead atoms. The molecule has 0 N–H and O–H groups in total. The maximum Gasteiger partial charge on any atom is 2.00 e. The average molecular weight is 489 g/mol. The van der Waals surface area contributed by atoms with Crippen LogP contribution in [0.15, 0.2) is 85.0 Å². The summed E-state index contributed by atoms with van der Waals surface area (Å²) in [5.41, 5.74) is 7.43. The summed E-state index contributed by atoms with van der Waals surface area (Å²) < 4.78 is 0. The van der Waals surface area contributed by atoms with Gasteiger partial charge in [0.1, 0.15) is 0 Å². The maximum atomic E-state index is 3.99. The van der Waals surface area contributed by atoms with E-state index < -0.39 is 0 Å². The van der Waals surface area contributed by atoms with Crippen LogP contribution in [0.4, 0.5) is 0 Å². The summed E-state index contributed by atoms with van der Waals surface area (Å²) in [7, 11) is 0. The van der Waals surface area contributed by atoms with Gasteiger partial charge in [-0.15, -0.1) is 6.58 Å². The van der Waals surface area contributed by atoms with E-state index in [-0.39, 0.29) is 56.4 Å². The van der Waals surface area contributed by atoms with E-state index in [0.717, 1.165) is 12.8 Å². The van der Waals surface area contributed by atoms with Crippen LogP contribution >= 0.6 is 0 Å². The molecule has 0 nitrogen and oxygen atoms in total. The Balaban J connectivity index is 0.00000131. The molecule has 2 aromatic rings. The largest absolute Gasteiger partial charge is 2.00 e. The fourth-order valence-electron chi connectivity index (χ4n) is 5.07. The Kier molecular flexibility index (Phi) is 9.20. The number of fused-ring (bicyclic) bond motifs is 3. The van der Waals surface area contributed by atoms with Gasteiger partial charge in [0.05, 0.1) is 0 Å². The second-order valence-electron chi connectivity index (χ2n) is 7.71. The normalized spacial score (nSPS) is 18.5. The summed E-state index contributed by atoms with van der Waals surface area (Å²) in [5.74, 6) is 0.910. The molecule has 2 unspecified atom stereocenters. The zero-order valence-corrected chi connectivity index (χ0v) is 20.4. The Bertz CT molecular complexity index is 838. The molecule has 4 rings (SSSR count). The second kappa shape index (κ2) is 10.2. The molecule has 0 saturated carbocycles. The third-order valence-corrected chi connectivity index (χ3v) is 6.24. The molecule has 0 amide bonds. The SMILES string of the molecule is C=CCCC(C)(C1C=CC=C1C)C1c2ccccc2-c2ccccc21.[Cl-].[Cl-].[Zr+2]. The molecule has 0 aromatic heterocycles. The number of benzene rings is 2. The maximum absolute atomic E-state index is 3.99. The van der Waals surface area contributed by atoms with Crippen molar-refractivity contribution >= 4 is 0 Å². The topological polar surface area (TPSA) is 0 Å². The second-order valence-corrected chi connectivity index (χ2v) is 7.71. The van der Waals surface area contributed by atoms with Crippen molar-refractivity contribution in [2.24, 2.45) is 11.3 Å². The zero-order chi connectivity index (χ0) is 17.4. The van der Waals surface area contributed by atoms with Gasteiger partial charge < -0.3 is 24.8 Å². The summed E-state index contributed by atoms with van der Waals surface area (Å²) in [6.07, 6.45) is 11.2. The Morgan fingerprint density at radius 2 is 1.50 bits per heavy atom. The van der Waals surface area contributed by atoms with Gasteiger partial charge in [-0.3, -0.25) is 0 Å². The molecular formula is C25H26Cl2Zr. The summed E-state index contributed by atoms with van der Waals surface area (Å²) in [6.45, 7) is 8.76.